The molecule has 5 heteroatoms. The van der Waals surface area contributed by atoms with Crippen LogP contribution in [0.25, 0.3) is 33.4 Å². The summed E-state index contributed by atoms with van der Waals surface area (Å²) in [6.45, 7) is 2.12. The van der Waals surface area contributed by atoms with Crippen LogP contribution in [-0.2, 0) is 4.74 Å². The van der Waals surface area contributed by atoms with Crippen LogP contribution in [0, 0.1) is 0 Å². The van der Waals surface area contributed by atoms with Gasteiger partial charge in [-0.1, -0.05) is 48.5 Å². The van der Waals surface area contributed by atoms with Crippen LogP contribution in [0.5, 0.6) is 0 Å². The molecule has 0 amide bonds. The van der Waals surface area contributed by atoms with Crippen LogP contribution >= 0.6 is 0 Å². The van der Waals surface area contributed by atoms with Gasteiger partial charge in [-0.25, -0.2) is 9.78 Å². The standard InChI is InChI=1S/C23H18N2O3/c1-2-28-23(27)16-13-11-15(12-14-16)17-7-3-4-8-18(17)21-24-20-10-6-5-9-19(20)22(26)25-21/h3-14H,2H2,1H3,(H,24,25,26). The van der Waals surface area contributed by atoms with Crippen LogP contribution in [0.4, 0.5) is 0 Å². The second-order valence-corrected chi connectivity index (χ2v) is 6.28. The number of benzene rings is 3. The van der Waals surface area contributed by atoms with E-state index in [9.17, 15) is 9.59 Å². The number of ether oxygens (including phenoxy) is 1. The van der Waals surface area contributed by atoms with Gasteiger partial charge in [0.15, 0.2) is 0 Å². The number of esters is 1. The lowest BCUT2D eigenvalue weighted by atomic mass is 9.98. The first kappa shape index (κ1) is 17.7. The van der Waals surface area contributed by atoms with Crippen molar-refractivity contribution in [2.45, 2.75) is 6.92 Å². The van der Waals surface area contributed by atoms with E-state index in [4.69, 9.17) is 4.74 Å². The molecule has 138 valence electrons. The highest BCUT2D eigenvalue weighted by Crippen LogP contribution is 2.30. The molecule has 0 bridgehead atoms. The molecule has 4 rings (SSSR count). The zero-order valence-corrected chi connectivity index (χ0v) is 15.3. The molecule has 5 nitrogen and oxygen atoms in total. The number of para-hydroxylation sites is 1. The molecule has 4 aromatic rings. The van der Waals surface area contributed by atoms with Crippen molar-refractivity contribution in [3.63, 3.8) is 0 Å². The van der Waals surface area contributed by atoms with Crippen LogP contribution in [0.15, 0.2) is 77.6 Å². The molecule has 0 aliphatic carbocycles. The maximum absolute atomic E-state index is 12.5. The van der Waals surface area contributed by atoms with Crippen molar-refractivity contribution in [3.05, 3.63) is 88.7 Å². The highest BCUT2D eigenvalue weighted by molar-refractivity contribution is 5.91. The Kier molecular flexibility index (Phi) is 4.72. The largest absolute Gasteiger partial charge is 0.462 e. The smallest absolute Gasteiger partial charge is 0.338 e. The van der Waals surface area contributed by atoms with Gasteiger partial charge in [0.05, 0.1) is 23.1 Å². The van der Waals surface area contributed by atoms with Crippen molar-refractivity contribution in [1.82, 2.24) is 9.97 Å². The SMILES string of the molecule is CCOC(=O)c1ccc(-c2ccccc2-c2nc3ccccc3c(=O)[nH]2)cc1. The summed E-state index contributed by atoms with van der Waals surface area (Å²) in [5.41, 5.74) is 3.62. The van der Waals surface area contributed by atoms with E-state index in [1.807, 2.05) is 54.6 Å². The fourth-order valence-electron chi connectivity index (χ4n) is 3.16. The fourth-order valence-corrected chi connectivity index (χ4v) is 3.16. The molecule has 1 aromatic heterocycles. The maximum atomic E-state index is 12.5. The van der Waals surface area contributed by atoms with Gasteiger partial charge in [0.25, 0.3) is 5.56 Å². The lowest BCUT2D eigenvalue weighted by molar-refractivity contribution is 0.0526. The number of carbonyl (C=O) groups excluding carboxylic acids is 1. The highest BCUT2D eigenvalue weighted by atomic mass is 16.5. The lowest BCUT2D eigenvalue weighted by Crippen LogP contribution is -2.09. The zero-order valence-electron chi connectivity index (χ0n) is 15.3. The van der Waals surface area contributed by atoms with E-state index in [0.717, 1.165) is 16.7 Å². The van der Waals surface area contributed by atoms with Crippen molar-refractivity contribution < 1.29 is 9.53 Å². The molecule has 0 atom stereocenters. The molecular formula is C23H18N2O3. The van der Waals surface area contributed by atoms with E-state index in [1.165, 1.54) is 0 Å². The van der Waals surface area contributed by atoms with Crippen LogP contribution in [-0.4, -0.2) is 22.5 Å². The summed E-state index contributed by atoms with van der Waals surface area (Å²) in [6.07, 6.45) is 0. The molecular weight excluding hydrogens is 352 g/mol. The molecule has 3 aromatic carbocycles. The fraction of sp³-hybridized carbons (Fsp3) is 0.0870. The van der Waals surface area contributed by atoms with Crippen LogP contribution in [0.3, 0.4) is 0 Å². The molecule has 0 unspecified atom stereocenters. The zero-order chi connectivity index (χ0) is 19.5. The Hall–Kier alpha value is -3.73. The Morgan fingerprint density at radius 2 is 1.61 bits per heavy atom. The van der Waals surface area contributed by atoms with Crippen molar-refractivity contribution in [2.24, 2.45) is 0 Å². The predicted octanol–water partition coefficient (Wildman–Crippen LogP) is 4.43. The van der Waals surface area contributed by atoms with Crippen molar-refractivity contribution in [3.8, 4) is 22.5 Å². The van der Waals surface area contributed by atoms with E-state index in [0.29, 0.717) is 28.9 Å². The van der Waals surface area contributed by atoms with Gasteiger partial charge in [-0.05, 0) is 42.3 Å². The first-order valence-electron chi connectivity index (χ1n) is 9.03. The number of carbonyl (C=O) groups is 1. The minimum Gasteiger partial charge on any atom is -0.462 e. The average Bonchev–Trinajstić information content (AvgIpc) is 2.74. The number of hydrogen-bond donors (Lipinski definition) is 1. The van der Waals surface area contributed by atoms with Gasteiger partial charge < -0.3 is 9.72 Å². The Labute approximate surface area is 161 Å². The normalized spacial score (nSPS) is 10.8. The monoisotopic (exact) mass is 370 g/mol. The number of hydrogen-bond acceptors (Lipinski definition) is 4. The molecule has 1 N–H and O–H groups in total. The number of aromatic nitrogens is 2. The van der Waals surface area contributed by atoms with Gasteiger partial charge in [0.1, 0.15) is 5.82 Å². The minimum atomic E-state index is -0.345. The number of fused-ring (bicyclic) bond motifs is 1. The highest BCUT2D eigenvalue weighted by Gasteiger charge is 2.12. The van der Waals surface area contributed by atoms with E-state index in [1.54, 1.807) is 25.1 Å². The summed E-state index contributed by atoms with van der Waals surface area (Å²) >= 11 is 0. The van der Waals surface area contributed by atoms with Gasteiger partial charge in [0, 0.05) is 5.56 Å². The van der Waals surface area contributed by atoms with Gasteiger partial charge in [-0.15, -0.1) is 0 Å². The average molecular weight is 370 g/mol. The summed E-state index contributed by atoms with van der Waals surface area (Å²) < 4.78 is 5.03. The van der Waals surface area contributed by atoms with Crippen LogP contribution < -0.4 is 5.56 Å². The van der Waals surface area contributed by atoms with Gasteiger partial charge >= 0.3 is 5.97 Å². The van der Waals surface area contributed by atoms with E-state index < -0.39 is 0 Å². The molecule has 28 heavy (non-hydrogen) atoms. The molecule has 0 aliphatic heterocycles. The number of nitrogens with zero attached hydrogens (tertiary/aromatic N) is 1. The summed E-state index contributed by atoms with van der Waals surface area (Å²) in [6, 6.07) is 22.2. The van der Waals surface area contributed by atoms with Crippen LogP contribution in [0.2, 0.25) is 0 Å². The Balaban J connectivity index is 1.80. The van der Waals surface area contributed by atoms with Gasteiger partial charge in [0.2, 0.25) is 0 Å². The molecule has 0 aliphatic rings. The van der Waals surface area contributed by atoms with Crippen LogP contribution in [0.1, 0.15) is 17.3 Å². The first-order valence-corrected chi connectivity index (χ1v) is 9.03. The van der Waals surface area contributed by atoms with Gasteiger partial charge in [-0.2, -0.15) is 0 Å². The third-order valence-electron chi connectivity index (χ3n) is 4.50. The Morgan fingerprint density at radius 1 is 0.929 bits per heavy atom. The summed E-state index contributed by atoms with van der Waals surface area (Å²) in [5, 5.41) is 0.558. The number of nitrogens with one attached hydrogen (secondary N) is 1. The summed E-state index contributed by atoms with van der Waals surface area (Å²) in [4.78, 5) is 31.8. The van der Waals surface area contributed by atoms with E-state index in [2.05, 4.69) is 9.97 Å². The Morgan fingerprint density at radius 3 is 2.36 bits per heavy atom. The van der Waals surface area contributed by atoms with E-state index >= 15 is 0 Å². The van der Waals surface area contributed by atoms with Crippen molar-refractivity contribution in [2.75, 3.05) is 6.61 Å². The lowest BCUT2D eigenvalue weighted by Gasteiger charge is -2.10. The number of rotatable bonds is 4. The topological polar surface area (TPSA) is 72.0 Å². The molecule has 0 saturated heterocycles. The quantitative estimate of drug-likeness (QED) is 0.539. The second kappa shape index (κ2) is 7.48. The first-order chi connectivity index (χ1) is 13.7. The molecule has 0 saturated carbocycles. The number of aromatic amines is 1. The van der Waals surface area contributed by atoms with Crippen molar-refractivity contribution >= 4 is 16.9 Å². The summed E-state index contributed by atoms with van der Waals surface area (Å²) in [7, 11) is 0. The number of H-pyrrole nitrogens is 1. The summed E-state index contributed by atoms with van der Waals surface area (Å²) in [5.74, 6) is 0.164. The molecule has 0 fully saturated rings. The second-order valence-electron chi connectivity index (χ2n) is 6.28. The molecule has 0 radical (unpaired) electrons. The third kappa shape index (κ3) is 3.30. The van der Waals surface area contributed by atoms with E-state index in [-0.39, 0.29) is 11.5 Å². The molecule has 0 spiro atoms. The molecule has 1 heterocycles. The predicted molar refractivity (Wildman–Crippen MR) is 109 cm³/mol. The third-order valence-corrected chi connectivity index (χ3v) is 4.50. The Bertz CT molecular complexity index is 1210. The van der Waals surface area contributed by atoms with Crippen molar-refractivity contribution in [1.29, 1.82) is 0 Å². The maximum Gasteiger partial charge on any atom is 0.338 e. The van der Waals surface area contributed by atoms with Gasteiger partial charge in [-0.3, -0.25) is 4.79 Å². The minimum absolute atomic E-state index is 0.173.